The van der Waals surface area contributed by atoms with Crippen molar-refractivity contribution in [3.63, 3.8) is 0 Å². The molecule has 1 atom stereocenters. The maximum Gasteiger partial charge on any atom is 0.319 e. The first-order chi connectivity index (χ1) is 4.75. The zero-order valence-corrected chi connectivity index (χ0v) is 7.56. The van der Waals surface area contributed by atoms with E-state index in [-0.39, 0.29) is 10.8 Å². The molecule has 0 aromatic carbocycles. The standard InChI is InChI=1S/C7H11BrO2/c1-2-10-7(9)6(8)5-3-4-5/h5-6H,2-4H2,1H3. The predicted octanol–water partition coefficient (Wildman–Crippen LogP) is 1.72. The van der Waals surface area contributed by atoms with Crippen LogP contribution in [0.25, 0.3) is 0 Å². The summed E-state index contributed by atoms with van der Waals surface area (Å²) in [5.41, 5.74) is 0. The second-order valence-electron chi connectivity index (χ2n) is 2.49. The summed E-state index contributed by atoms with van der Waals surface area (Å²) in [7, 11) is 0. The quantitative estimate of drug-likeness (QED) is 0.520. The minimum atomic E-state index is -0.106. The topological polar surface area (TPSA) is 26.3 Å². The summed E-state index contributed by atoms with van der Waals surface area (Å²) < 4.78 is 4.82. The fourth-order valence-electron chi connectivity index (χ4n) is 0.803. The van der Waals surface area contributed by atoms with Gasteiger partial charge in [0.1, 0.15) is 4.83 Å². The van der Waals surface area contributed by atoms with Crippen LogP contribution < -0.4 is 0 Å². The summed E-state index contributed by atoms with van der Waals surface area (Å²) in [5.74, 6) is 0.434. The van der Waals surface area contributed by atoms with E-state index in [0.29, 0.717) is 12.5 Å². The molecule has 0 spiro atoms. The summed E-state index contributed by atoms with van der Waals surface area (Å²) in [6.07, 6.45) is 2.32. The van der Waals surface area contributed by atoms with Crippen molar-refractivity contribution in [3.05, 3.63) is 0 Å². The van der Waals surface area contributed by atoms with E-state index < -0.39 is 0 Å². The zero-order chi connectivity index (χ0) is 7.56. The van der Waals surface area contributed by atoms with E-state index in [0.717, 1.165) is 12.8 Å². The number of carbonyl (C=O) groups excluding carboxylic acids is 1. The smallest absolute Gasteiger partial charge is 0.319 e. The average Bonchev–Trinajstić information content (AvgIpc) is 2.68. The van der Waals surface area contributed by atoms with Gasteiger partial charge in [-0.3, -0.25) is 4.79 Å². The lowest BCUT2D eigenvalue weighted by molar-refractivity contribution is -0.142. The van der Waals surface area contributed by atoms with E-state index in [2.05, 4.69) is 15.9 Å². The molecule has 3 heteroatoms. The van der Waals surface area contributed by atoms with Crippen LogP contribution in [0.5, 0.6) is 0 Å². The molecule has 1 saturated carbocycles. The third-order valence-electron chi connectivity index (χ3n) is 1.55. The van der Waals surface area contributed by atoms with Gasteiger partial charge in [0.05, 0.1) is 6.61 Å². The van der Waals surface area contributed by atoms with E-state index in [9.17, 15) is 4.79 Å². The first-order valence-corrected chi connectivity index (χ1v) is 4.48. The third kappa shape index (κ3) is 1.97. The SMILES string of the molecule is CCOC(=O)C(Br)C1CC1. The monoisotopic (exact) mass is 206 g/mol. The summed E-state index contributed by atoms with van der Waals surface area (Å²) in [6, 6.07) is 0. The molecule has 0 amide bonds. The van der Waals surface area contributed by atoms with E-state index in [1.54, 1.807) is 0 Å². The Balaban J connectivity index is 2.24. The molecule has 0 radical (unpaired) electrons. The van der Waals surface area contributed by atoms with Crippen molar-refractivity contribution in [1.82, 2.24) is 0 Å². The molecule has 1 unspecified atom stereocenters. The molecule has 1 fully saturated rings. The summed E-state index contributed by atoms with van der Waals surface area (Å²) >= 11 is 3.30. The van der Waals surface area contributed by atoms with Crippen molar-refractivity contribution in [2.45, 2.75) is 24.6 Å². The molecule has 10 heavy (non-hydrogen) atoms. The van der Waals surface area contributed by atoms with Gasteiger partial charge in [-0.15, -0.1) is 0 Å². The van der Waals surface area contributed by atoms with Crippen LogP contribution in [0.1, 0.15) is 19.8 Å². The number of hydrogen-bond donors (Lipinski definition) is 0. The number of halogens is 1. The van der Waals surface area contributed by atoms with Crippen molar-refractivity contribution in [1.29, 1.82) is 0 Å². The normalized spacial score (nSPS) is 20.2. The molecule has 0 saturated heterocycles. The van der Waals surface area contributed by atoms with Gasteiger partial charge >= 0.3 is 5.97 Å². The molecule has 1 aliphatic carbocycles. The maximum absolute atomic E-state index is 11.0. The maximum atomic E-state index is 11.0. The molecule has 0 N–H and O–H groups in total. The van der Waals surface area contributed by atoms with Crippen LogP contribution in [0.4, 0.5) is 0 Å². The van der Waals surface area contributed by atoms with Gasteiger partial charge in [0, 0.05) is 0 Å². The van der Waals surface area contributed by atoms with Gasteiger partial charge in [-0.25, -0.2) is 0 Å². The highest BCUT2D eigenvalue weighted by atomic mass is 79.9. The van der Waals surface area contributed by atoms with Gasteiger partial charge in [0.2, 0.25) is 0 Å². The van der Waals surface area contributed by atoms with Crippen LogP contribution >= 0.6 is 15.9 Å². The van der Waals surface area contributed by atoms with Gasteiger partial charge < -0.3 is 4.74 Å². The number of carbonyl (C=O) groups is 1. The molecule has 0 bridgehead atoms. The van der Waals surface area contributed by atoms with Crippen molar-refractivity contribution in [3.8, 4) is 0 Å². The Labute approximate surface area is 69.1 Å². The third-order valence-corrected chi connectivity index (χ3v) is 2.67. The second kappa shape index (κ2) is 3.37. The van der Waals surface area contributed by atoms with Crippen LogP contribution in [0, 0.1) is 5.92 Å². The first-order valence-electron chi connectivity index (χ1n) is 3.56. The van der Waals surface area contributed by atoms with E-state index in [1.165, 1.54) is 0 Å². The van der Waals surface area contributed by atoms with E-state index in [1.807, 2.05) is 6.92 Å². The van der Waals surface area contributed by atoms with Crippen LogP contribution in [0.2, 0.25) is 0 Å². The van der Waals surface area contributed by atoms with Crippen LogP contribution in [0.15, 0.2) is 0 Å². The number of alkyl halides is 1. The first kappa shape index (κ1) is 8.05. The largest absolute Gasteiger partial charge is 0.465 e. The Morgan fingerprint density at radius 2 is 2.40 bits per heavy atom. The zero-order valence-electron chi connectivity index (χ0n) is 5.97. The molecule has 0 aromatic heterocycles. The fourth-order valence-corrected chi connectivity index (χ4v) is 1.46. The molecular formula is C7H11BrO2. The van der Waals surface area contributed by atoms with E-state index >= 15 is 0 Å². The van der Waals surface area contributed by atoms with Crippen molar-refractivity contribution >= 4 is 21.9 Å². The van der Waals surface area contributed by atoms with Crippen LogP contribution in [-0.2, 0) is 9.53 Å². The lowest BCUT2D eigenvalue weighted by atomic mass is 10.3. The van der Waals surface area contributed by atoms with Crippen molar-refractivity contribution in [2.24, 2.45) is 5.92 Å². The summed E-state index contributed by atoms with van der Waals surface area (Å²) in [4.78, 5) is 10.9. The van der Waals surface area contributed by atoms with E-state index in [4.69, 9.17) is 4.74 Å². The minimum Gasteiger partial charge on any atom is -0.465 e. The minimum absolute atomic E-state index is 0.0487. The Bertz CT molecular complexity index is 132. The second-order valence-corrected chi connectivity index (χ2v) is 3.48. The number of hydrogen-bond acceptors (Lipinski definition) is 2. The molecule has 58 valence electrons. The Morgan fingerprint density at radius 3 is 2.80 bits per heavy atom. The van der Waals surface area contributed by atoms with Gasteiger partial charge in [0.15, 0.2) is 0 Å². The number of rotatable bonds is 3. The Morgan fingerprint density at radius 1 is 1.80 bits per heavy atom. The van der Waals surface area contributed by atoms with Crippen molar-refractivity contribution < 1.29 is 9.53 Å². The highest BCUT2D eigenvalue weighted by Crippen LogP contribution is 2.37. The molecular weight excluding hydrogens is 196 g/mol. The fraction of sp³-hybridized carbons (Fsp3) is 0.857. The predicted molar refractivity (Wildman–Crippen MR) is 42.1 cm³/mol. The average molecular weight is 207 g/mol. The Hall–Kier alpha value is -0.0500. The molecule has 1 aliphatic rings. The lowest BCUT2D eigenvalue weighted by Gasteiger charge is -2.05. The summed E-state index contributed by atoms with van der Waals surface area (Å²) in [5, 5.41) is 0. The summed E-state index contributed by atoms with van der Waals surface area (Å²) in [6.45, 7) is 2.30. The molecule has 0 aromatic rings. The lowest BCUT2D eigenvalue weighted by Crippen LogP contribution is -2.18. The van der Waals surface area contributed by atoms with Crippen LogP contribution in [-0.4, -0.2) is 17.4 Å². The number of ether oxygens (including phenoxy) is 1. The van der Waals surface area contributed by atoms with Gasteiger partial charge in [-0.2, -0.15) is 0 Å². The molecule has 0 aliphatic heterocycles. The van der Waals surface area contributed by atoms with Gasteiger partial charge in [-0.05, 0) is 25.7 Å². The highest BCUT2D eigenvalue weighted by Gasteiger charge is 2.34. The molecule has 1 rings (SSSR count). The Kier molecular flexibility index (Phi) is 2.72. The van der Waals surface area contributed by atoms with Crippen LogP contribution in [0.3, 0.4) is 0 Å². The highest BCUT2D eigenvalue weighted by molar-refractivity contribution is 9.10. The molecule has 0 heterocycles. The molecule has 2 nitrogen and oxygen atoms in total. The van der Waals surface area contributed by atoms with Crippen molar-refractivity contribution in [2.75, 3.05) is 6.61 Å². The van der Waals surface area contributed by atoms with Gasteiger partial charge in [0.25, 0.3) is 0 Å². The van der Waals surface area contributed by atoms with Gasteiger partial charge in [-0.1, -0.05) is 15.9 Å². The number of esters is 1.